The molecule has 4 aromatic rings. The van der Waals surface area contributed by atoms with Gasteiger partial charge in [-0.15, -0.1) is 10.2 Å². The lowest BCUT2D eigenvalue weighted by molar-refractivity contribution is 0.872. The smallest absolute Gasteiger partial charge is 0.231 e. The highest BCUT2D eigenvalue weighted by Gasteiger charge is 2.07. The number of nitrogens with zero attached hydrogens (tertiary/aromatic N) is 5. The van der Waals surface area contributed by atoms with Crippen molar-refractivity contribution in [3.63, 3.8) is 0 Å². The molecule has 1 aromatic heterocycles. The third kappa shape index (κ3) is 4.77. The van der Waals surface area contributed by atoms with E-state index in [4.69, 9.17) is 11.6 Å². The van der Waals surface area contributed by atoms with Crippen LogP contribution in [0.2, 0.25) is 5.02 Å². The molecule has 1 heterocycles. The second-order valence-corrected chi connectivity index (χ2v) is 7.77. The van der Waals surface area contributed by atoms with E-state index in [-0.39, 0.29) is 0 Å². The van der Waals surface area contributed by atoms with E-state index in [1.807, 2.05) is 65.6 Å². The lowest BCUT2D eigenvalue weighted by Crippen LogP contribution is -2.22. The molecular weight excluding hydrogens is 402 g/mol. The van der Waals surface area contributed by atoms with Gasteiger partial charge in [-0.1, -0.05) is 53.3 Å². The van der Waals surface area contributed by atoms with E-state index in [1.54, 1.807) is 0 Å². The van der Waals surface area contributed by atoms with Crippen LogP contribution in [0.5, 0.6) is 0 Å². The van der Waals surface area contributed by atoms with Gasteiger partial charge >= 0.3 is 0 Å². The summed E-state index contributed by atoms with van der Waals surface area (Å²) in [5.74, 6) is 0. The van der Waals surface area contributed by atoms with Crippen molar-refractivity contribution >= 4 is 49.7 Å². The second kappa shape index (κ2) is 8.82. The first-order valence-corrected chi connectivity index (χ1v) is 10.1. The molecule has 0 aliphatic heterocycles. The van der Waals surface area contributed by atoms with Gasteiger partial charge in [0.05, 0.1) is 22.0 Å². The van der Waals surface area contributed by atoms with Crippen molar-refractivity contribution in [2.45, 2.75) is 6.54 Å². The van der Waals surface area contributed by atoms with E-state index < -0.39 is 0 Å². The molecule has 29 heavy (non-hydrogen) atoms. The zero-order chi connectivity index (χ0) is 20.1. The Balaban J connectivity index is 1.49. The fourth-order valence-corrected chi connectivity index (χ4v) is 3.95. The largest absolute Gasteiger partial charge is 0.354 e. The van der Waals surface area contributed by atoms with E-state index >= 15 is 0 Å². The minimum atomic E-state index is 0.310. The summed E-state index contributed by atoms with van der Waals surface area (Å²) < 4.78 is 0.981. The summed E-state index contributed by atoms with van der Waals surface area (Å²) in [6, 6.07) is 25.6. The summed E-state index contributed by atoms with van der Waals surface area (Å²) in [7, 11) is 0. The first kappa shape index (κ1) is 19.1. The number of halogens is 1. The molecule has 7 heteroatoms. The summed E-state index contributed by atoms with van der Waals surface area (Å²) in [5.41, 5.74) is 3.70. The summed E-state index contributed by atoms with van der Waals surface area (Å²) in [5, 5.41) is 19.0. The van der Waals surface area contributed by atoms with Crippen LogP contribution in [0.3, 0.4) is 0 Å². The summed E-state index contributed by atoms with van der Waals surface area (Å²) in [6.45, 7) is 0.980. The van der Waals surface area contributed by atoms with Gasteiger partial charge in [0.1, 0.15) is 6.54 Å². The van der Waals surface area contributed by atoms with E-state index in [0.717, 1.165) is 27.2 Å². The minimum Gasteiger partial charge on any atom is -0.354 e. The van der Waals surface area contributed by atoms with E-state index in [0.29, 0.717) is 23.2 Å². The molecule has 0 aliphatic carbocycles. The van der Waals surface area contributed by atoms with Gasteiger partial charge in [-0.05, 0) is 48.0 Å². The molecule has 0 atom stereocenters. The van der Waals surface area contributed by atoms with Crippen LogP contribution < -0.4 is 4.90 Å². The van der Waals surface area contributed by atoms with Crippen molar-refractivity contribution in [1.29, 1.82) is 5.26 Å². The molecule has 4 rings (SSSR count). The summed E-state index contributed by atoms with van der Waals surface area (Å²) in [6.07, 6.45) is 0. The predicted octanol–water partition coefficient (Wildman–Crippen LogP) is 6.90. The lowest BCUT2D eigenvalue weighted by Gasteiger charge is -2.21. The Labute approximate surface area is 177 Å². The molecule has 5 nitrogen and oxygen atoms in total. The molecule has 0 saturated heterocycles. The van der Waals surface area contributed by atoms with Crippen molar-refractivity contribution < 1.29 is 0 Å². The lowest BCUT2D eigenvalue weighted by atomic mass is 10.2. The zero-order valence-corrected chi connectivity index (χ0v) is 16.9. The van der Waals surface area contributed by atoms with Crippen LogP contribution in [0.1, 0.15) is 5.56 Å². The summed E-state index contributed by atoms with van der Waals surface area (Å²) in [4.78, 5) is 6.46. The molecule has 0 spiro atoms. The molecule has 0 unspecified atom stereocenters. The molecule has 0 aliphatic rings. The Morgan fingerprint density at radius 3 is 2.55 bits per heavy atom. The molecule has 0 bridgehead atoms. The maximum absolute atomic E-state index is 9.18. The number of rotatable bonds is 6. The van der Waals surface area contributed by atoms with Crippen molar-refractivity contribution in [1.82, 2.24) is 4.98 Å². The third-order valence-electron chi connectivity index (χ3n) is 4.28. The predicted molar refractivity (Wildman–Crippen MR) is 118 cm³/mol. The van der Waals surface area contributed by atoms with Crippen molar-refractivity contribution in [3.05, 3.63) is 83.4 Å². The number of aromatic nitrogens is 1. The van der Waals surface area contributed by atoms with Crippen molar-refractivity contribution in [2.75, 3.05) is 11.4 Å². The molecule has 142 valence electrons. The maximum atomic E-state index is 9.18. The third-order valence-corrected chi connectivity index (χ3v) is 5.42. The summed E-state index contributed by atoms with van der Waals surface area (Å²) >= 11 is 7.46. The normalized spacial score (nSPS) is 11.0. The number of nitriles is 1. The van der Waals surface area contributed by atoms with E-state index in [1.165, 1.54) is 11.3 Å². The van der Waals surface area contributed by atoms with Crippen LogP contribution in [0.15, 0.2) is 83.0 Å². The quantitative estimate of drug-likeness (QED) is 0.253. The van der Waals surface area contributed by atoms with Crippen molar-refractivity contribution in [3.8, 4) is 6.07 Å². The molecule has 0 fully saturated rings. The van der Waals surface area contributed by atoms with Gasteiger partial charge in [-0.3, -0.25) is 0 Å². The van der Waals surface area contributed by atoms with Gasteiger partial charge < -0.3 is 4.90 Å². The number of anilines is 1. The molecule has 0 radical (unpaired) electrons. The Kier molecular flexibility index (Phi) is 5.80. The van der Waals surface area contributed by atoms with Crippen LogP contribution in [-0.2, 0) is 6.54 Å². The van der Waals surface area contributed by atoms with Gasteiger partial charge in [0, 0.05) is 17.3 Å². The fraction of sp³-hybridized carbons (Fsp3) is 0.0909. The van der Waals surface area contributed by atoms with Gasteiger partial charge in [-0.25, -0.2) is 4.98 Å². The number of fused-ring (bicyclic) bond motifs is 1. The van der Waals surface area contributed by atoms with Crippen LogP contribution in [0, 0.1) is 11.3 Å². The molecule has 0 N–H and O–H groups in total. The van der Waals surface area contributed by atoms with Crippen LogP contribution in [0.25, 0.3) is 10.2 Å². The first-order valence-electron chi connectivity index (χ1n) is 8.95. The topological polar surface area (TPSA) is 64.6 Å². The Bertz CT molecular complexity index is 1180. The Morgan fingerprint density at radius 1 is 1.00 bits per heavy atom. The Morgan fingerprint density at radius 2 is 1.79 bits per heavy atom. The number of azo groups is 1. The SMILES string of the molecule is N#CCN(Cc1ccccc1)c1ccc(N=Nc2nc3ccc(Cl)cc3s2)cc1. The molecule has 0 saturated carbocycles. The fourth-order valence-electron chi connectivity index (χ4n) is 2.89. The van der Waals surface area contributed by atoms with Gasteiger partial charge in [0.25, 0.3) is 0 Å². The molecular formula is C22H16ClN5S. The van der Waals surface area contributed by atoms with E-state index in [2.05, 4.69) is 33.4 Å². The molecule has 3 aromatic carbocycles. The average molecular weight is 418 g/mol. The highest BCUT2D eigenvalue weighted by Crippen LogP contribution is 2.31. The second-order valence-electron chi connectivity index (χ2n) is 6.32. The monoisotopic (exact) mass is 417 g/mol. The van der Waals surface area contributed by atoms with Gasteiger partial charge in [0.2, 0.25) is 5.13 Å². The number of benzene rings is 3. The average Bonchev–Trinajstić information content (AvgIpc) is 3.15. The highest BCUT2D eigenvalue weighted by atomic mass is 35.5. The highest BCUT2D eigenvalue weighted by molar-refractivity contribution is 7.21. The van der Waals surface area contributed by atoms with Crippen LogP contribution >= 0.6 is 22.9 Å². The molecule has 0 amide bonds. The van der Waals surface area contributed by atoms with Crippen molar-refractivity contribution in [2.24, 2.45) is 10.2 Å². The first-order chi connectivity index (χ1) is 14.2. The standard InChI is InChI=1S/C22H16ClN5S/c23-17-6-11-20-21(14-17)29-22(25-20)27-26-18-7-9-19(10-8-18)28(13-12-24)15-16-4-2-1-3-5-16/h1-11,14H,13,15H2. The minimum absolute atomic E-state index is 0.310. The van der Waals surface area contributed by atoms with Crippen LogP contribution in [-0.4, -0.2) is 11.5 Å². The van der Waals surface area contributed by atoms with Gasteiger partial charge in [0.15, 0.2) is 0 Å². The number of hydrogen-bond donors (Lipinski definition) is 0. The maximum Gasteiger partial charge on any atom is 0.231 e. The van der Waals surface area contributed by atoms with E-state index in [9.17, 15) is 5.26 Å². The number of thiazole rings is 1. The zero-order valence-electron chi connectivity index (χ0n) is 15.4. The van der Waals surface area contributed by atoms with Gasteiger partial charge in [-0.2, -0.15) is 5.26 Å². The van der Waals surface area contributed by atoms with Crippen LogP contribution in [0.4, 0.5) is 16.5 Å². The Hall–Kier alpha value is -3.27. The number of hydrogen-bond acceptors (Lipinski definition) is 6.